The van der Waals surface area contributed by atoms with Gasteiger partial charge in [0.1, 0.15) is 12.4 Å². The molecule has 0 spiro atoms. The molecule has 1 aromatic carbocycles. The first-order chi connectivity index (χ1) is 20.5. The molecule has 10 heteroatoms. The molecule has 3 heterocycles. The van der Waals surface area contributed by atoms with Gasteiger partial charge in [-0.15, -0.1) is 10.2 Å². The van der Waals surface area contributed by atoms with Gasteiger partial charge < -0.3 is 14.4 Å². The van der Waals surface area contributed by atoms with Gasteiger partial charge >= 0.3 is 6.09 Å². The molecule has 2 aliphatic rings. The topological polar surface area (TPSA) is 85.6 Å². The van der Waals surface area contributed by atoms with Gasteiger partial charge in [-0.2, -0.15) is 0 Å². The van der Waals surface area contributed by atoms with E-state index in [0.717, 1.165) is 53.7 Å². The molecule has 0 bridgehead atoms. The van der Waals surface area contributed by atoms with Gasteiger partial charge in [0.25, 0.3) is 0 Å². The minimum Gasteiger partial charge on any atom is -0.486 e. The van der Waals surface area contributed by atoms with E-state index in [2.05, 4.69) is 57.9 Å². The quantitative estimate of drug-likeness (QED) is 0.261. The summed E-state index contributed by atoms with van der Waals surface area (Å²) in [6.07, 6.45) is 11.2. The van der Waals surface area contributed by atoms with Gasteiger partial charge in [-0.1, -0.05) is 35.8 Å². The van der Waals surface area contributed by atoms with Crippen LogP contribution in [0.2, 0.25) is 0 Å². The Morgan fingerprint density at radius 2 is 2.02 bits per heavy atom. The van der Waals surface area contributed by atoms with Crippen LogP contribution in [0, 0.1) is 18.8 Å². The van der Waals surface area contributed by atoms with Crippen molar-refractivity contribution >= 4 is 17.9 Å². The fourth-order valence-corrected chi connectivity index (χ4v) is 6.13. The normalized spacial score (nSPS) is 17.1. The first-order valence-electron chi connectivity index (χ1n) is 14.5. The number of aryl methyl sites for hydroxylation is 1. The number of allylic oxidation sites excluding steroid dienone is 1. The molecule has 1 aliphatic carbocycles. The van der Waals surface area contributed by atoms with Gasteiger partial charge in [-0.25, -0.2) is 4.79 Å². The highest BCUT2D eigenvalue weighted by molar-refractivity contribution is 7.99. The second kappa shape index (κ2) is 14.4. The average Bonchev–Trinajstić information content (AvgIpc) is 3.42. The van der Waals surface area contributed by atoms with Crippen molar-refractivity contribution in [2.75, 3.05) is 32.8 Å². The van der Waals surface area contributed by atoms with E-state index < -0.39 is 0 Å². The van der Waals surface area contributed by atoms with Crippen LogP contribution in [-0.4, -0.2) is 79.7 Å². The fourth-order valence-electron chi connectivity index (χ4n) is 4.99. The second-order valence-corrected chi connectivity index (χ2v) is 11.9. The van der Waals surface area contributed by atoms with Gasteiger partial charge in [-0.05, 0) is 75.9 Å². The van der Waals surface area contributed by atoms with Gasteiger partial charge in [-0.3, -0.25) is 14.5 Å². The number of rotatable bonds is 8. The molecule has 42 heavy (non-hydrogen) atoms. The highest BCUT2D eigenvalue weighted by Gasteiger charge is 2.23. The molecule has 0 N–H and O–H groups in total. The average molecular weight is 587 g/mol. The number of carbonyl (C=O) groups excluding carboxylic acids is 1. The maximum absolute atomic E-state index is 12.4. The van der Waals surface area contributed by atoms with Crippen molar-refractivity contribution in [2.45, 2.75) is 63.1 Å². The lowest BCUT2D eigenvalue weighted by Crippen LogP contribution is -2.50. The molecule has 0 saturated carbocycles. The van der Waals surface area contributed by atoms with Crippen molar-refractivity contribution in [1.29, 1.82) is 0 Å². The zero-order valence-corrected chi connectivity index (χ0v) is 25.3. The number of hydrogen-bond donors (Lipinski definition) is 0. The van der Waals surface area contributed by atoms with Crippen LogP contribution in [0.1, 0.15) is 50.1 Å². The van der Waals surface area contributed by atoms with Gasteiger partial charge in [0.05, 0.1) is 11.9 Å². The van der Waals surface area contributed by atoms with Crippen LogP contribution in [0.3, 0.4) is 0 Å². The molecule has 5 rings (SSSR count). The molecule has 0 radical (unpaired) electrons. The van der Waals surface area contributed by atoms with E-state index in [1.165, 1.54) is 6.42 Å². The highest BCUT2D eigenvalue weighted by Crippen LogP contribution is 2.31. The van der Waals surface area contributed by atoms with Crippen LogP contribution in [-0.2, 0) is 11.3 Å². The highest BCUT2D eigenvalue weighted by atomic mass is 32.2. The number of thioether (sulfide) groups is 1. The predicted octanol–water partition coefficient (Wildman–Crippen LogP) is 5.26. The molecular weight excluding hydrogens is 548 g/mol. The van der Waals surface area contributed by atoms with E-state index in [0.29, 0.717) is 30.2 Å². The van der Waals surface area contributed by atoms with E-state index in [1.54, 1.807) is 22.9 Å². The molecule has 1 fully saturated rings. The number of nitrogens with zero attached hydrogens (tertiary/aromatic N) is 6. The lowest BCUT2D eigenvalue weighted by Gasteiger charge is -2.36. The largest absolute Gasteiger partial charge is 0.486 e. The minimum atomic E-state index is -0.302. The smallest absolute Gasteiger partial charge is 0.410 e. The number of ether oxygens (including phenoxy) is 2. The zero-order chi connectivity index (χ0) is 29.3. The standard InChI is InChI=1S/C32H38N6O3S/c1-24(2)36-16-18-37(19-17-36)32(39)40-20-8-9-26-13-14-28(21-25(26)3)41-23-30-34-35-31(42-29-11-5-4-6-12-29)38(30)27-10-7-15-33-22-27/h5,7,10-11,13-15,21-22,24,29H,4,6,12,16-20,23H2,1-3H3. The molecule has 3 aromatic rings. The van der Waals surface area contributed by atoms with Gasteiger partial charge in [0.15, 0.2) is 17.6 Å². The molecule has 9 nitrogen and oxygen atoms in total. The van der Waals surface area contributed by atoms with Crippen LogP contribution in [0.25, 0.3) is 5.69 Å². The van der Waals surface area contributed by atoms with Crippen molar-refractivity contribution in [1.82, 2.24) is 29.5 Å². The summed E-state index contributed by atoms with van der Waals surface area (Å²) in [6, 6.07) is 10.2. The van der Waals surface area contributed by atoms with E-state index >= 15 is 0 Å². The molecule has 220 valence electrons. The van der Waals surface area contributed by atoms with Crippen LogP contribution in [0.15, 0.2) is 60.0 Å². The summed E-state index contributed by atoms with van der Waals surface area (Å²) >= 11 is 1.72. The number of pyridine rings is 1. The maximum atomic E-state index is 12.4. The predicted molar refractivity (Wildman–Crippen MR) is 164 cm³/mol. The Labute approximate surface area is 252 Å². The third-order valence-corrected chi connectivity index (χ3v) is 8.60. The minimum absolute atomic E-state index is 0.0575. The Balaban J connectivity index is 1.17. The first kappa shape index (κ1) is 29.7. The Hall–Kier alpha value is -3.81. The number of hydrogen-bond acceptors (Lipinski definition) is 8. The van der Waals surface area contributed by atoms with Crippen LogP contribution in [0.5, 0.6) is 5.75 Å². The summed E-state index contributed by atoms with van der Waals surface area (Å²) < 4.78 is 13.6. The number of carbonyl (C=O) groups is 1. The Morgan fingerprint density at radius 3 is 2.74 bits per heavy atom. The molecule has 1 unspecified atom stereocenters. The summed E-state index contributed by atoms with van der Waals surface area (Å²) in [6.45, 7) is 9.75. The summed E-state index contributed by atoms with van der Waals surface area (Å²) in [5.41, 5.74) is 2.75. The van der Waals surface area contributed by atoms with Crippen LogP contribution < -0.4 is 4.74 Å². The lowest BCUT2D eigenvalue weighted by atomic mass is 10.1. The zero-order valence-electron chi connectivity index (χ0n) is 24.5. The molecule has 1 atom stereocenters. The van der Waals surface area contributed by atoms with Crippen molar-refractivity contribution in [3.05, 3.63) is 71.8 Å². The number of aromatic nitrogens is 4. The van der Waals surface area contributed by atoms with E-state index in [9.17, 15) is 4.79 Å². The Kier molecular flexibility index (Phi) is 10.2. The van der Waals surface area contributed by atoms with Crippen molar-refractivity contribution in [3.63, 3.8) is 0 Å². The summed E-state index contributed by atoms with van der Waals surface area (Å²) in [4.78, 5) is 20.8. The number of piperazine rings is 1. The lowest BCUT2D eigenvalue weighted by molar-refractivity contribution is 0.0752. The summed E-state index contributed by atoms with van der Waals surface area (Å²) in [5.74, 6) is 7.51. The number of amides is 1. The number of benzene rings is 1. The van der Waals surface area contributed by atoms with Crippen molar-refractivity contribution in [3.8, 4) is 23.3 Å². The molecular formula is C32H38N6O3S. The third-order valence-electron chi connectivity index (χ3n) is 7.43. The fraction of sp³-hybridized carbons (Fsp3) is 0.438. The van der Waals surface area contributed by atoms with Gasteiger partial charge in [0, 0.05) is 49.2 Å². The molecule has 1 aliphatic heterocycles. The molecule has 1 saturated heterocycles. The second-order valence-electron chi connectivity index (χ2n) is 10.7. The molecule has 1 amide bonds. The monoisotopic (exact) mass is 586 g/mol. The van der Waals surface area contributed by atoms with E-state index in [-0.39, 0.29) is 19.3 Å². The SMILES string of the molecule is Cc1cc(OCc2nnc(SC3C=CCCC3)n2-c2cccnc2)ccc1C#CCOC(=O)N1CCN(C(C)C)CC1. The summed E-state index contributed by atoms with van der Waals surface area (Å²) in [5, 5.41) is 10.2. The third kappa shape index (κ3) is 7.72. The Bertz CT molecular complexity index is 1440. The van der Waals surface area contributed by atoms with Crippen molar-refractivity contribution < 1.29 is 14.3 Å². The first-order valence-corrected chi connectivity index (χ1v) is 15.4. The van der Waals surface area contributed by atoms with Gasteiger partial charge in [0.2, 0.25) is 0 Å². The Morgan fingerprint density at radius 1 is 1.17 bits per heavy atom. The van der Waals surface area contributed by atoms with Crippen LogP contribution in [0.4, 0.5) is 4.79 Å². The summed E-state index contributed by atoms with van der Waals surface area (Å²) in [7, 11) is 0. The molecule has 2 aromatic heterocycles. The van der Waals surface area contributed by atoms with Crippen molar-refractivity contribution in [2.24, 2.45) is 0 Å². The van der Waals surface area contributed by atoms with Crippen LogP contribution >= 0.6 is 11.8 Å². The van der Waals surface area contributed by atoms with E-state index in [4.69, 9.17) is 9.47 Å². The van der Waals surface area contributed by atoms with E-state index in [1.807, 2.05) is 48.0 Å². The maximum Gasteiger partial charge on any atom is 0.410 e.